The lowest BCUT2D eigenvalue weighted by atomic mass is 9.94. The molecule has 4 nitrogen and oxygen atoms in total. The maximum atomic E-state index is 6.11. The first-order chi connectivity index (χ1) is 13.3. The predicted molar refractivity (Wildman–Crippen MR) is 110 cm³/mol. The van der Waals surface area contributed by atoms with Crippen molar-refractivity contribution in [2.24, 2.45) is 0 Å². The standard InChI is InChI=1S/C22H21ClN4/c23-16-8-6-15(7-9-16)20-21(18-10-12-24-22-19(18)11-13-25-22)27(14-26-20)17-4-2-1-3-5-17/h6-14,17H,1-5H2,(H,24,25). The Labute approximate surface area is 163 Å². The van der Waals surface area contributed by atoms with Crippen molar-refractivity contribution < 1.29 is 0 Å². The van der Waals surface area contributed by atoms with Crippen LogP contribution < -0.4 is 0 Å². The number of benzene rings is 1. The summed E-state index contributed by atoms with van der Waals surface area (Å²) in [7, 11) is 0. The van der Waals surface area contributed by atoms with Gasteiger partial charge in [0.15, 0.2) is 0 Å². The summed E-state index contributed by atoms with van der Waals surface area (Å²) in [6.07, 6.45) is 12.2. The summed E-state index contributed by atoms with van der Waals surface area (Å²) in [5.41, 5.74) is 5.35. The highest BCUT2D eigenvalue weighted by molar-refractivity contribution is 6.30. The van der Waals surface area contributed by atoms with E-state index < -0.39 is 0 Å². The first-order valence-corrected chi connectivity index (χ1v) is 9.94. The average Bonchev–Trinajstić information content (AvgIpc) is 3.36. The summed E-state index contributed by atoms with van der Waals surface area (Å²) in [5.74, 6) is 0. The fraction of sp³-hybridized carbons (Fsp3) is 0.273. The minimum Gasteiger partial charge on any atom is -0.346 e. The third-order valence-corrected chi connectivity index (χ3v) is 5.85. The molecule has 0 atom stereocenters. The van der Waals surface area contributed by atoms with E-state index in [4.69, 9.17) is 16.6 Å². The summed E-state index contributed by atoms with van der Waals surface area (Å²) in [6, 6.07) is 12.7. The van der Waals surface area contributed by atoms with Crippen molar-refractivity contribution in [3.63, 3.8) is 0 Å². The van der Waals surface area contributed by atoms with E-state index in [9.17, 15) is 0 Å². The van der Waals surface area contributed by atoms with Gasteiger partial charge in [-0.1, -0.05) is 43.0 Å². The normalized spacial score (nSPS) is 15.4. The third kappa shape index (κ3) is 2.94. The zero-order chi connectivity index (χ0) is 18.2. The number of nitrogens with one attached hydrogen (secondary N) is 1. The zero-order valence-electron chi connectivity index (χ0n) is 15.0. The highest BCUT2D eigenvalue weighted by Gasteiger charge is 2.23. The molecule has 1 fully saturated rings. The van der Waals surface area contributed by atoms with E-state index in [1.807, 2.05) is 30.9 Å². The molecule has 5 heteroatoms. The van der Waals surface area contributed by atoms with Gasteiger partial charge in [-0.15, -0.1) is 0 Å². The molecule has 4 aromatic rings. The molecule has 1 aromatic carbocycles. The second-order valence-electron chi connectivity index (χ2n) is 7.25. The molecule has 0 saturated heterocycles. The lowest BCUT2D eigenvalue weighted by Gasteiger charge is -2.25. The number of pyridine rings is 1. The monoisotopic (exact) mass is 376 g/mol. The molecule has 3 heterocycles. The molecule has 0 bridgehead atoms. The molecule has 0 aliphatic heterocycles. The van der Waals surface area contributed by atoms with Crippen LogP contribution in [-0.2, 0) is 0 Å². The molecule has 0 radical (unpaired) electrons. The molecule has 0 spiro atoms. The SMILES string of the molecule is Clc1ccc(-c2ncn(C3CCCCC3)c2-c2ccnc3[nH]ccc23)cc1. The van der Waals surface area contributed by atoms with E-state index in [1.165, 1.54) is 43.4 Å². The van der Waals surface area contributed by atoms with E-state index in [0.717, 1.165) is 27.3 Å². The number of aromatic nitrogens is 4. The first kappa shape index (κ1) is 16.6. The van der Waals surface area contributed by atoms with Crippen molar-refractivity contribution in [3.05, 3.63) is 60.1 Å². The van der Waals surface area contributed by atoms with Crippen LogP contribution in [0.2, 0.25) is 5.02 Å². The Morgan fingerprint density at radius 1 is 0.963 bits per heavy atom. The lowest BCUT2D eigenvalue weighted by Crippen LogP contribution is -2.13. The molecule has 0 unspecified atom stereocenters. The fourth-order valence-electron chi connectivity index (χ4n) is 4.25. The average molecular weight is 377 g/mol. The quantitative estimate of drug-likeness (QED) is 0.459. The lowest BCUT2D eigenvalue weighted by molar-refractivity contribution is 0.355. The van der Waals surface area contributed by atoms with E-state index in [-0.39, 0.29) is 0 Å². The highest BCUT2D eigenvalue weighted by atomic mass is 35.5. The summed E-state index contributed by atoms with van der Waals surface area (Å²) >= 11 is 6.11. The van der Waals surface area contributed by atoms with Gasteiger partial charge in [0.25, 0.3) is 0 Å². The van der Waals surface area contributed by atoms with Gasteiger partial charge in [-0.25, -0.2) is 9.97 Å². The number of hydrogen-bond donors (Lipinski definition) is 1. The van der Waals surface area contributed by atoms with Crippen molar-refractivity contribution in [2.45, 2.75) is 38.1 Å². The molecule has 1 aliphatic rings. The third-order valence-electron chi connectivity index (χ3n) is 5.59. The van der Waals surface area contributed by atoms with Gasteiger partial charge in [-0.3, -0.25) is 0 Å². The first-order valence-electron chi connectivity index (χ1n) is 9.56. The molecule has 5 rings (SSSR count). The number of aromatic amines is 1. The highest BCUT2D eigenvalue weighted by Crippen LogP contribution is 2.39. The Morgan fingerprint density at radius 3 is 2.59 bits per heavy atom. The Kier molecular flexibility index (Phi) is 4.21. The number of nitrogens with zero attached hydrogens (tertiary/aromatic N) is 3. The van der Waals surface area contributed by atoms with Gasteiger partial charge in [0, 0.05) is 40.0 Å². The maximum absolute atomic E-state index is 6.11. The van der Waals surface area contributed by atoms with Crippen molar-refractivity contribution in [1.29, 1.82) is 0 Å². The van der Waals surface area contributed by atoms with Crippen LogP contribution in [0, 0.1) is 0 Å². The fourth-order valence-corrected chi connectivity index (χ4v) is 4.38. The van der Waals surface area contributed by atoms with Crippen molar-refractivity contribution in [3.8, 4) is 22.5 Å². The molecular weight excluding hydrogens is 356 g/mol. The van der Waals surface area contributed by atoms with Gasteiger partial charge in [0.05, 0.1) is 17.7 Å². The van der Waals surface area contributed by atoms with Crippen LogP contribution in [0.1, 0.15) is 38.1 Å². The van der Waals surface area contributed by atoms with Crippen LogP contribution in [0.25, 0.3) is 33.5 Å². The second-order valence-corrected chi connectivity index (χ2v) is 7.68. The second kappa shape index (κ2) is 6.86. The van der Waals surface area contributed by atoms with Crippen LogP contribution in [0.5, 0.6) is 0 Å². The van der Waals surface area contributed by atoms with Gasteiger partial charge in [0.2, 0.25) is 0 Å². The van der Waals surface area contributed by atoms with Gasteiger partial charge in [-0.05, 0) is 37.1 Å². The van der Waals surface area contributed by atoms with E-state index >= 15 is 0 Å². The smallest absolute Gasteiger partial charge is 0.137 e. The summed E-state index contributed by atoms with van der Waals surface area (Å²) < 4.78 is 2.39. The van der Waals surface area contributed by atoms with Gasteiger partial charge in [0.1, 0.15) is 5.65 Å². The largest absolute Gasteiger partial charge is 0.346 e. The topological polar surface area (TPSA) is 46.5 Å². The molecule has 1 aliphatic carbocycles. The number of rotatable bonds is 3. The van der Waals surface area contributed by atoms with Crippen LogP contribution in [0.15, 0.2) is 55.1 Å². The number of H-pyrrole nitrogens is 1. The van der Waals surface area contributed by atoms with Crippen molar-refractivity contribution in [2.75, 3.05) is 0 Å². The molecule has 3 aromatic heterocycles. The molecule has 1 N–H and O–H groups in total. The van der Waals surface area contributed by atoms with Gasteiger partial charge >= 0.3 is 0 Å². The zero-order valence-corrected chi connectivity index (χ0v) is 15.8. The Hall–Kier alpha value is -2.59. The van der Waals surface area contributed by atoms with E-state index in [1.54, 1.807) is 0 Å². The summed E-state index contributed by atoms with van der Waals surface area (Å²) in [5, 5.41) is 1.87. The number of hydrogen-bond acceptors (Lipinski definition) is 2. The molecule has 0 amide bonds. The number of fused-ring (bicyclic) bond motifs is 1. The van der Waals surface area contributed by atoms with Crippen LogP contribution >= 0.6 is 11.6 Å². The van der Waals surface area contributed by atoms with E-state index in [0.29, 0.717) is 6.04 Å². The van der Waals surface area contributed by atoms with E-state index in [2.05, 4.69) is 38.8 Å². The number of halogens is 1. The minimum absolute atomic E-state index is 0.504. The van der Waals surface area contributed by atoms with Gasteiger partial charge < -0.3 is 9.55 Å². The predicted octanol–water partition coefficient (Wildman–Crippen LogP) is 6.25. The van der Waals surface area contributed by atoms with Crippen LogP contribution in [0.3, 0.4) is 0 Å². The van der Waals surface area contributed by atoms with Crippen molar-refractivity contribution in [1.82, 2.24) is 19.5 Å². The maximum Gasteiger partial charge on any atom is 0.137 e. The van der Waals surface area contributed by atoms with Gasteiger partial charge in [-0.2, -0.15) is 0 Å². The van der Waals surface area contributed by atoms with Crippen LogP contribution in [0.4, 0.5) is 0 Å². The minimum atomic E-state index is 0.504. The molecular formula is C22H21ClN4. The Balaban J connectivity index is 1.74. The molecule has 1 saturated carbocycles. The van der Waals surface area contributed by atoms with Crippen LogP contribution in [-0.4, -0.2) is 19.5 Å². The Morgan fingerprint density at radius 2 is 1.78 bits per heavy atom. The molecule has 136 valence electrons. The summed E-state index contributed by atoms with van der Waals surface area (Å²) in [4.78, 5) is 12.5. The summed E-state index contributed by atoms with van der Waals surface area (Å²) in [6.45, 7) is 0. The van der Waals surface area contributed by atoms with Crippen molar-refractivity contribution >= 4 is 22.6 Å². The Bertz CT molecular complexity index is 1070. The molecule has 27 heavy (non-hydrogen) atoms. The number of imidazole rings is 1.